The summed E-state index contributed by atoms with van der Waals surface area (Å²) in [6, 6.07) is 0. The lowest BCUT2D eigenvalue weighted by molar-refractivity contribution is -0.348. The van der Waals surface area contributed by atoms with Gasteiger partial charge in [0.1, 0.15) is 0 Å². The summed E-state index contributed by atoms with van der Waals surface area (Å²) >= 11 is 0. The van der Waals surface area contributed by atoms with Crippen molar-refractivity contribution >= 4 is 9.53 Å². The molecule has 0 aromatic rings. The lowest BCUT2D eigenvalue weighted by atomic mass is 10.4. The van der Waals surface area contributed by atoms with E-state index in [1.54, 1.807) is 0 Å². The lowest BCUT2D eigenvalue weighted by Crippen LogP contribution is -2.28. The van der Waals surface area contributed by atoms with Crippen LogP contribution in [0.5, 0.6) is 0 Å². The van der Waals surface area contributed by atoms with Gasteiger partial charge in [0.15, 0.2) is 0 Å². The fourth-order valence-electron chi connectivity index (χ4n) is 0.969. The van der Waals surface area contributed by atoms with E-state index in [9.17, 15) is 0 Å². The zero-order valence-corrected chi connectivity index (χ0v) is 13.5. The molecule has 19 heavy (non-hydrogen) atoms. The number of unbranched alkanes of at least 4 members (excludes halogenated alkanes) is 3. The molecule has 0 N–H and O–H groups in total. The molecular weight excluding hydrogens is 268 g/mol. The minimum absolute atomic E-state index is 0.511. The molecule has 6 nitrogen and oxygen atoms in total. The van der Waals surface area contributed by atoms with Crippen molar-refractivity contribution in [3.63, 3.8) is 0 Å². The molecule has 0 saturated carbocycles. The average molecular weight is 296 g/mol. The van der Waals surface area contributed by atoms with Crippen LogP contribution in [0.15, 0.2) is 0 Å². The van der Waals surface area contributed by atoms with Crippen molar-refractivity contribution in [3.8, 4) is 0 Å². The first-order chi connectivity index (χ1) is 9.35. The van der Waals surface area contributed by atoms with Crippen LogP contribution in [0.3, 0.4) is 0 Å². The Labute approximate surface area is 118 Å². The molecule has 0 unspecified atom stereocenters. The summed E-state index contributed by atoms with van der Waals surface area (Å²) in [6.07, 6.45) is 5.89. The van der Waals surface area contributed by atoms with Gasteiger partial charge in [0.2, 0.25) is 0 Å². The molecule has 7 heteroatoms. The SMILES string of the molecule is CCCCOO[SiH](OOCCCC)OOCCCC. The van der Waals surface area contributed by atoms with Gasteiger partial charge in [-0.1, -0.05) is 40.0 Å². The summed E-state index contributed by atoms with van der Waals surface area (Å²) in [4.78, 5) is 15.0. The van der Waals surface area contributed by atoms with Crippen molar-refractivity contribution in [2.75, 3.05) is 19.8 Å². The first kappa shape index (κ1) is 19.0. The second-order valence-electron chi connectivity index (χ2n) is 4.10. The Morgan fingerprint density at radius 2 is 0.895 bits per heavy atom. The van der Waals surface area contributed by atoms with Crippen LogP contribution < -0.4 is 0 Å². The fraction of sp³-hybridized carbons (Fsp3) is 1.00. The van der Waals surface area contributed by atoms with Crippen molar-refractivity contribution in [2.45, 2.75) is 59.3 Å². The van der Waals surface area contributed by atoms with Crippen molar-refractivity contribution in [3.05, 3.63) is 0 Å². The van der Waals surface area contributed by atoms with Gasteiger partial charge in [0.05, 0.1) is 19.8 Å². The second kappa shape index (κ2) is 16.0. The number of hydrogen-bond acceptors (Lipinski definition) is 6. The summed E-state index contributed by atoms with van der Waals surface area (Å²) in [7, 11) is -2.53. The number of rotatable bonds is 15. The molecule has 0 atom stereocenters. The standard InChI is InChI=1S/C12H28O6Si/c1-4-7-10-13-16-19(17-14-11-8-5-2)18-15-12-9-6-3/h19H,4-12H2,1-3H3. The molecule has 0 aliphatic carbocycles. The third kappa shape index (κ3) is 14.2. The van der Waals surface area contributed by atoms with Crippen LogP contribution in [0.25, 0.3) is 0 Å². The molecule has 0 saturated heterocycles. The zero-order valence-electron chi connectivity index (χ0n) is 12.4. The number of hydrogen-bond donors (Lipinski definition) is 0. The van der Waals surface area contributed by atoms with Crippen LogP contribution >= 0.6 is 0 Å². The molecule has 0 spiro atoms. The summed E-state index contributed by atoms with van der Waals surface area (Å²) in [6.45, 7) is 7.76. The van der Waals surface area contributed by atoms with E-state index in [1.807, 2.05) is 0 Å². The summed E-state index contributed by atoms with van der Waals surface area (Å²) in [5, 5.41) is 0. The Morgan fingerprint density at radius 3 is 1.16 bits per heavy atom. The zero-order chi connectivity index (χ0) is 14.2. The molecule has 0 bridgehead atoms. The Bertz CT molecular complexity index is 144. The highest BCUT2D eigenvalue weighted by Crippen LogP contribution is 2.00. The fourth-order valence-corrected chi connectivity index (χ4v) is 1.69. The van der Waals surface area contributed by atoms with Crippen LogP contribution in [0.1, 0.15) is 59.3 Å². The minimum Gasteiger partial charge on any atom is -0.243 e. The highest BCUT2D eigenvalue weighted by molar-refractivity contribution is 6.35. The summed E-state index contributed by atoms with van der Waals surface area (Å²) in [5.74, 6) is 0. The molecule has 0 aromatic carbocycles. The van der Waals surface area contributed by atoms with Gasteiger partial charge < -0.3 is 0 Å². The predicted molar refractivity (Wildman–Crippen MR) is 73.0 cm³/mol. The minimum atomic E-state index is -2.53. The van der Waals surface area contributed by atoms with Gasteiger partial charge in [-0.3, -0.25) is 0 Å². The molecule has 0 aliphatic rings. The summed E-state index contributed by atoms with van der Waals surface area (Å²) in [5.41, 5.74) is 0. The maximum Gasteiger partial charge on any atom is 0.568 e. The Hall–Kier alpha value is -0.0231. The monoisotopic (exact) mass is 296 g/mol. The van der Waals surface area contributed by atoms with E-state index in [0.29, 0.717) is 19.8 Å². The van der Waals surface area contributed by atoms with E-state index in [4.69, 9.17) is 28.4 Å². The average Bonchev–Trinajstić information content (AvgIpc) is 2.43. The maximum absolute atomic E-state index is 5.05. The highest BCUT2D eigenvalue weighted by Gasteiger charge is 2.20. The van der Waals surface area contributed by atoms with E-state index in [0.717, 1.165) is 38.5 Å². The Balaban J connectivity index is 3.66. The summed E-state index contributed by atoms with van der Waals surface area (Å²) < 4.78 is 15.1. The normalized spacial score (nSPS) is 11.4. The third-order valence-electron chi connectivity index (χ3n) is 2.18. The quantitative estimate of drug-likeness (QED) is 0.200. The molecule has 0 aromatic heterocycles. The first-order valence-corrected chi connectivity index (χ1v) is 8.61. The lowest BCUT2D eigenvalue weighted by Gasteiger charge is -2.13. The van der Waals surface area contributed by atoms with Crippen LogP contribution in [-0.2, 0) is 28.4 Å². The van der Waals surface area contributed by atoms with Crippen LogP contribution in [0, 0.1) is 0 Å². The van der Waals surface area contributed by atoms with Gasteiger partial charge in [-0.25, -0.2) is 28.4 Å². The van der Waals surface area contributed by atoms with Crippen molar-refractivity contribution in [1.82, 2.24) is 0 Å². The van der Waals surface area contributed by atoms with Crippen LogP contribution in [-0.4, -0.2) is 29.3 Å². The maximum atomic E-state index is 5.05. The smallest absolute Gasteiger partial charge is 0.243 e. The first-order valence-electron chi connectivity index (χ1n) is 7.19. The molecule has 0 rings (SSSR count). The molecule has 0 radical (unpaired) electrons. The van der Waals surface area contributed by atoms with E-state index < -0.39 is 9.53 Å². The van der Waals surface area contributed by atoms with Crippen LogP contribution in [0.2, 0.25) is 0 Å². The largest absolute Gasteiger partial charge is 0.568 e. The molecule has 0 amide bonds. The van der Waals surface area contributed by atoms with Gasteiger partial charge in [0.25, 0.3) is 0 Å². The van der Waals surface area contributed by atoms with Gasteiger partial charge in [-0.05, 0) is 19.3 Å². The van der Waals surface area contributed by atoms with Gasteiger partial charge in [0, 0.05) is 0 Å². The Morgan fingerprint density at radius 1 is 0.579 bits per heavy atom. The van der Waals surface area contributed by atoms with Crippen molar-refractivity contribution in [1.29, 1.82) is 0 Å². The van der Waals surface area contributed by atoms with Gasteiger partial charge in [-0.15, -0.1) is 0 Å². The van der Waals surface area contributed by atoms with E-state index in [1.165, 1.54) is 0 Å². The predicted octanol–water partition coefficient (Wildman–Crippen LogP) is 2.95. The van der Waals surface area contributed by atoms with Gasteiger partial charge >= 0.3 is 9.53 Å². The Kier molecular flexibility index (Phi) is 16.0. The van der Waals surface area contributed by atoms with E-state index >= 15 is 0 Å². The molecular formula is C12H28O6Si. The topological polar surface area (TPSA) is 55.4 Å². The molecule has 0 heterocycles. The molecule has 0 aliphatic heterocycles. The highest BCUT2D eigenvalue weighted by atomic mass is 28.3. The molecule has 0 fully saturated rings. The third-order valence-corrected chi connectivity index (χ3v) is 3.06. The van der Waals surface area contributed by atoms with Crippen LogP contribution in [0.4, 0.5) is 0 Å². The second-order valence-corrected chi connectivity index (χ2v) is 5.26. The van der Waals surface area contributed by atoms with Crippen molar-refractivity contribution in [2.24, 2.45) is 0 Å². The van der Waals surface area contributed by atoms with Gasteiger partial charge in [-0.2, -0.15) is 0 Å². The van der Waals surface area contributed by atoms with E-state index in [2.05, 4.69) is 20.8 Å². The molecule has 116 valence electrons. The van der Waals surface area contributed by atoms with E-state index in [-0.39, 0.29) is 0 Å². The van der Waals surface area contributed by atoms with Crippen molar-refractivity contribution < 1.29 is 28.4 Å².